The van der Waals surface area contributed by atoms with Crippen LogP contribution in [-0.4, -0.2) is 18.2 Å². The smallest absolute Gasteiger partial charge is 0.379 e. The van der Waals surface area contributed by atoms with Crippen LogP contribution in [0, 0.1) is 5.82 Å². The number of hydrogen-bond acceptors (Lipinski definition) is 2. The molecule has 88 valence electrons. The Kier molecular flexibility index (Phi) is 3.32. The molecule has 1 aromatic rings. The molecule has 0 aliphatic carbocycles. The van der Waals surface area contributed by atoms with Crippen LogP contribution < -0.4 is 4.74 Å². The Hall–Kier alpha value is -1.43. The second-order valence-electron chi connectivity index (χ2n) is 2.82. The van der Waals surface area contributed by atoms with E-state index >= 15 is 0 Å². The van der Waals surface area contributed by atoms with E-state index in [1.165, 1.54) is 0 Å². The Morgan fingerprint density at radius 1 is 1.50 bits per heavy atom. The molecule has 0 atom stereocenters. The third kappa shape index (κ3) is 1.92. The fraction of sp³-hybridized carbons (Fsp3) is 0.222. The van der Waals surface area contributed by atoms with Crippen molar-refractivity contribution >= 4 is 17.6 Å². The van der Waals surface area contributed by atoms with Gasteiger partial charge in [-0.15, -0.1) is 0 Å². The van der Waals surface area contributed by atoms with Gasteiger partial charge in [0.1, 0.15) is 17.1 Å². The summed E-state index contributed by atoms with van der Waals surface area (Å²) in [5.74, 6) is -8.96. The number of carboxylic acid groups (broad SMARTS) is 1. The maximum Gasteiger partial charge on any atom is 0.379 e. The van der Waals surface area contributed by atoms with Crippen molar-refractivity contribution in [2.75, 3.05) is 7.11 Å². The van der Waals surface area contributed by atoms with E-state index < -0.39 is 29.0 Å². The van der Waals surface area contributed by atoms with Crippen molar-refractivity contribution in [2.45, 2.75) is 5.92 Å². The van der Waals surface area contributed by atoms with E-state index in [-0.39, 0.29) is 5.02 Å². The Morgan fingerprint density at radius 2 is 2.06 bits per heavy atom. The molecule has 3 nitrogen and oxygen atoms in total. The summed E-state index contributed by atoms with van der Waals surface area (Å²) in [7, 11) is 0.988. The number of carboxylic acids is 1. The largest absolute Gasteiger partial charge is 0.495 e. The second kappa shape index (κ2) is 4.21. The number of aliphatic carboxylic acids is 1. The van der Waals surface area contributed by atoms with Crippen LogP contribution in [0.1, 0.15) is 5.56 Å². The number of benzene rings is 1. The van der Waals surface area contributed by atoms with E-state index in [9.17, 15) is 18.0 Å². The van der Waals surface area contributed by atoms with E-state index in [2.05, 4.69) is 4.74 Å². The molecule has 0 aliphatic rings. The number of halogens is 4. The summed E-state index contributed by atoms with van der Waals surface area (Å²) in [6.45, 7) is 0. The summed E-state index contributed by atoms with van der Waals surface area (Å²) in [5.41, 5.74) is -1.38. The highest BCUT2D eigenvalue weighted by atomic mass is 35.5. The summed E-state index contributed by atoms with van der Waals surface area (Å²) in [4.78, 5) is 10.3. The van der Waals surface area contributed by atoms with Gasteiger partial charge in [0.05, 0.1) is 12.1 Å². The minimum Gasteiger partial charge on any atom is -0.495 e. The molecule has 0 radical (unpaired) electrons. The maximum absolute atomic E-state index is 13.2. The van der Waals surface area contributed by atoms with Gasteiger partial charge in [0.25, 0.3) is 0 Å². The molecule has 0 saturated carbocycles. The van der Waals surface area contributed by atoms with Crippen LogP contribution >= 0.6 is 11.6 Å². The molecule has 0 saturated heterocycles. The normalized spacial score (nSPS) is 11.3. The first-order chi connectivity index (χ1) is 7.32. The molecule has 0 fully saturated rings. The van der Waals surface area contributed by atoms with Gasteiger partial charge in [-0.2, -0.15) is 8.78 Å². The summed E-state index contributed by atoms with van der Waals surface area (Å²) < 4.78 is 44.0. The molecule has 1 rings (SSSR count). The Labute approximate surface area is 93.4 Å². The van der Waals surface area contributed by atoms with Crippen molar-refractivity contribution in [3.8, 4) is 5.75 Å². The van der Waals surface area contributed by atoms with E-state index in [1.54, 1.807) is 0 Å². The van der Waals surface area contributed by atoms with Gasteiger partial charge >= 0.3 is 11.9 Å². The van der Waals surface area contributed by atoms with Gasteiger partial charge in [-0.3, -0.25) is 0 Å². The van der Waals surface area contributed by atoms with Crippen LogP contribution in [0.5, 0.6) is 5.75 Å². The van der Waals surface area contributed by atoms with Crippen molar-refractivity contribution in [1.82, 2.24) is 0 Å². The quantitative estimate of drug-likeness (QED) is 0.902. The third-order valence-corrected chi connectivity index (χ3v) is 2.14. The average Bonchev–Trinajstić information content (AvgIpc) is 2.20. The highest BCUT2D eigenvalue weighted by molar-refractivity contribution is 6.32. The lowest BCUT2D eigenvalue weighted by Crippen LogP contribution is -2.27. The number of methoxy groups -OCH3 is 1. The summed E-state index contributed by atoms with van der Waals surface area (Å²) in [6.07, 6.45) is 0. The van der Waals surface area contributed by atoms with E-state index in [0.717, 1.165) is 13.2 Å². The Bertz CT molecular complexity index is 434. The molecule has 0 amide bonds. The molecule has 7 heteroatoms. The first kappa shape index (κ1) is 12.6. The lowest BCUT2D eigenvalue weighted by Gasteiger charge is -2.16. The lowest BCUT2D eigenvalue weighted by molar-refractivity contribution is -0.167. The minimum absolute atomic E-state index is 0.292. The van der Waals surface area contributed by atoms with Crippen LogP contribution in [0.3, 0.4) is 0 Å². The second-order valence-corrected chi connectivity index (χ2v) is 3.22. The topological polar surface area (TPSA) is 46.5 Å². The first-order valence-corrected chi connectivity index (χ1v) is 4.33. The number of rotatable bonds is 3. The minimum atomic E-state index is -4.40. The standard InChI is InChI=1S/C9H6ClF3O3/c1-16-7-4(10)2-3-5(11)6(7)9(12,13)8(14)15/h2-3H,1H3,(H,14,15). The third-order valence-electron chi connectivity index (χ3n) is 1.85. The molecule has 0 aromatic heterocycles. The van der Waals surface area contributed by atoms with Gasteiger partial charge in [0, 0.05) is 0 Å². The highest BCUT2D eigenvalue weighted by Crippen LogP contribution is 2.41. The van der Waals surface area contributed by atoms with Crippen molar-refractivity contribution in [3.63, 3.8) is 0 Å². The molecular formula is C9H6ClF3O3. The maximum atomic E-state index is 13.2. The zero-order valence-corrected chi connectivity index (χ0v) is 8.69. The van der Waals surface area contributed by atoms with E-state index in [4.69, 9.17) is 16.7 Å². The van der Waals surface area contributed by atoms with Crippen molar-refractivity contribution < 1.29 is 27.8 Å². The van der Waals surface area contributed by atoms with Crippen molar-refractivity contribution in [3.05, 3.63) is 28.5 Å². The van der Waals surface area contributed by atoms with Crippen molar-refractivity contribution in [1.29, 1.82) is 0 Å². The summed E-state index contributed by atoms with van der Waals surface area (Å²) >= 11 is 5.49. The molecule has 0 heterocycles. The van der Waals surface area contributed by atoms with E-state index in [0.29, 0.717) is 6.07 Å². The Morgan fingerprint density at radius 3 is 2.50 bits per heavy atom. The van der Waals surface area contributed by atoms with Crippen LogP contribution in [-0.2, 0) is 10.7 Å². The monoisotopic (exact) mass is 254 g/mol. The van der Waals surface area contributed by atoms with Gasteiger partial charge in [-0.05, 0) is 12.1 Å². The summed E-state index contributed by atoms with van der Waals surface area (Å²) in [5, 5.41) is 8.02. The van der Waals surface area contributed by atoms with Gasteiger partial charge < -0.3 is 9.84 Å². The van der Waals surface area contributed by atoms with Gasteiger partial charge in [0.2, 0.25) is 0 Å². The zero-order chi connectivity index (χ0) is 12.5. The molecule has 1 N–H and O–H groups in total. The summed E-state index contributed by atoms with van der Waals surface area (Å²) in [6, 6.07) is 1.65. The fourth-order valence-corrected chi connectivity index (χ4v) is 1.37. The number of carbonyl (C=O) groups is 1. The van der Waals surface area contributed by atoms with Gasteiger partial charge in [0.15, 0.2) is 0 Å². The fourth-order valence-electron chi connectivity index (χ4n) is 1.13. The molecule has 0 bridgehead atoms. The number of hydrogen-bond donors (Lipinski definition) is 1. The Balaban J connectivity index is 3.54. The van der Waals surface area contributed by atoms with Crippen LogP contribution in [0.15, 0.2) is 12.1 Å². The zero-order valence-electron chi connectivity index (χ0n) is 7.93. The SMILES string of the molecule is COc1c(Cl)ccc(F)c1C(F)(F)C(=O)O. The number of alkyl halides is 2. The predicted octanol–water partition coefficient (Wildman–Crippen LogP) is 2.66. The molecule has 0 spiro atoms. The van der Waals surface area contributed by atoms with Crippen LogP contribution in [0.2, 0.25) is 5.02 Å². The molecule has 16 heavy (non-hydrogen) atoms. The molecule has 1 aromatic carbocycles. The van der Waals surface area contributed by atoms with E-state index in [1.807, 2.05) is 0 Å². The number of ether oxygens (including phenoxy) is 1. The van der Waals surface area contributed by atoms with Crippen LogP contribution in [0.25, 0.3) is 0 Å². The molecule has 0 aliphatic heterocycles. The van der Waals surface area contributed by atoms with Crippen LogP contribution in [0.4, 0.5) is 13.2 Å². The molecule has 0 unspecified atom stereocenters. The van der Waals surface area contributed by atoms with Gasteiger partial charge in [-0.1, -0.05) is 11.6 Å². The van der Waals surface area contributed by atoms with Crippen molar-refractivity contribution in [2.24, 2.45) is 0 Å². The average molecular weight is 255 g/mol. The molecular weight excluding hydrogens is 249 g/mol. The predicted molar refractivity (Wildman–Crippen MR) is 49.5 cm³/mol. The first-order valence-electron chi connectivity index (χ1n) is 3.96. The lowest BCUT2D eigenvalue weighted by atomic mass is 10.1. The highest BCUT2D eigenvalue weighted by Gasteiger charge is 2.46. The van der Waals surface area contributed by atoms with Gasteiger partial charge in [-0.25, -0.2) is 9.18 Å².